The molecule has 0 saturated carbocycles. The first-order chi connectivity index (χ1) is 9.51. The molecule has 0 aliphatic heterocycles. The number of nitrogen functional groups attached to an aromatic ring is 1. The van der Waals surface area contributed by atoms with E-state index in [1.54, 1.807) is 18.2 Å². The maximum Gasteiger partial charge on any atom is 0.196 e. The van der Waals surface area contributed by atoms with Crippen LogP contribution in [0, 0.1) is 6.92 Å². The molecule has 0 amide bonds. The summed E-state index contributed by atoms with van der Waals surface area (Å²) in [5.74, 6) is 0.492. The summed E-state index contributed by atoms with van der Waals surface area (Å²) in [5, 5.41) is 0. The third-order valence-corrected chi connectivity index (χ3v) is 3.34. The van der Waals surface area contributed by atoms with Crippen LogP contribution in [0.2, 0.25) is 0 Å². The van der Waals surface area contributed by atoms with Crippen molar-refractivity contribution in [2.75, 3.05) is 12.3 Å². The standard InChI is InChI=1S/C16H16BrNO2/c1-3-20-15-5-4-12(17)9-14(15)16(19)11-6-10(2)7-13(18)8-11/h4-9H,3,18H2,1-2H3. The second kappa shape index (κ2) is 6.09. The molecule has 2 rings (SSSR count). The SMILES string of the molecule is CCOc1ccc(Br)cc1C(=O)c1cc(C)cc(N)c1. The molecule has 0 aliphatic carbocycles. The Bertz CT molecular complexity index is 633. The lowest BCUT2D eigenvalue weighted by molar-refractivity contribution is 0.103. The van der Waals surface area contributed by atoms with Gasteiger partial charge in [0.1, 0.15) is 5.75 Å². The van der Waals surface area contributed by atoms with Crippen molar-refractivity contribution in [3.05, 3.63) is 57.6 Å². The summed E-state index contributed by atoms with van der Waals surface area (Å²) < 4.78 is 6.36. The second-order valence-electron chi connectivity index (χ2n) is 4.53. The number of ether oxygens (including phenoxy) is 1. The van der Waals surface area contributed by atoms with Gasteiger partial charge >= 0.3 is 0 Å². The Labute approximate surface area is 126 Å². The van der Waals surface area contributed by atoms with Crippen molar-refractivity contribution in [2.45, 2.75) is 13.8 Å². The predicted molar refractivity (Wildman–Crippen MR) is 84.3 cm³/mol. The Morgan fingerprint density at radius 1 is 1.25 bits per heavy atom. The lowest BCUT2D eigenvalue weighted by Gasteiger charge is -2.11. The van der Waals surface area contributed by atoms with Crippen LogP contribution < -0.4 is 10.5 Å². The summed E-state index contributed by atoms with van der Waals surface area (Å²) in [7, 11) is 0. The van der Waals surface area contributed by atoms with Crippen molar-refractivity contribution in [3.8, 4) is 5.75 Å². The molecule has 3 nitrogen and oxygen atoms in total. The zero-order chi connectivity index (χ0) is 14.7. The molecule has 0 fully saturated rings. The molecule has 2 aromatic carbocycles. The summed E-state index contributed by atoms with van der Waals surface area (Å²) in [6.07, 6.45) is 0. The van der Waals surface area contributed by atoms with Gasteiger partial charge in [-0.05, 0) is 55.8 Å². The summed E-state index contributed by atoms with van der Waals surface area (Å²) >= 11 is 3.38. The molecule has 0 aliphatic rings. The lowest BCUT2D eigenvalue weighted by atomic mass is 10.00. The molecule has 0 spiro atoms. The Morgan fingerprint density at radius 3 is 2.65 bits per heavy atom. The monoisotopic (exact) mass is 333 g/mol. The molecule has 4 heteroatoms. The maximum absolute atomic E-state index is 12.6. The highest BCUT2D eigenvalue weighted by Gasteiger charge is 2.16. The fourth-order valence-electron chi connectivity index (χ4n) is 2.06. The number of carbonyl (C=O) groups is 1. The van der Waals surface area contributed by atoms with Crippen LogP contribution in [0.25, 0.3) is 0 Å². The normalized spacial score (nSPS) is 10.3. The van der Waals surface area contributed by atoms with Crippen molar-refractivity contribution in [2.24, 2.45) is 0 Å². The van der Waals surface area contributed by atoms with Crippen LogP contribution in [0.4, 0.5) is 5.69 Å². The highest BCUT2D eigenvalue weighted by molar-refractivity contribution is 9.10. The Kier molecular flexibility index (Phi) is 4.45. The fourth-order valence-corrected chi connectivity index (χ4v) is 2.42. The maximum atomic E-state index is 12.6. The van der Waals surface area contributed by atoms with Gasteiger partial charge in [0.05, 0.1) is 12.2 Å². The molecule has 0 aromatic heterocycles. The van der Waals surface area contributed by atoms with Crippen molar-refractivity contribution in [1.82, 2.24) is 0 Å². The minimum Gasteiger partial charge on any atom is -0.493 e. The van der Waals surface area contributed by atoms with Crippen molar-refractivity contribution < 1.29 is 9.53 Å². The van der Waals surface area contributed by atoms with E-state index >= 15 is 0 Å². The van der Waals surface area contributed by atoms with Crippen LogP contribution in [-0.2, 0) is 0 Å². The number of aryl methyl sites for hydroxylation is 1. The van der Waals surface area contributed by atoms with Gasteiger partial charge in [-0.1, -0.05) is 15.9 Å². The third kappa shape index (κ3) is 3.20. The number of hydrogen-bond donors (Lipinski definition) is 1. The van der Waals surface area contributed by atoms with Gasteiger partial charge < -0.3 is 10.5 Å². The van der Waals surface area contributed by atoms with Gasteiger partial charge in [-0.15, -0.1) is 0 Å². The molecular weight excluding hydrogens is 318 g/mol. The summed E-state index contributed by atoms with van der Waals surface area (Å²) in [4.78, 5) is 12.6. The molecule has 0 saturated heterocycles. The molecule has 20 heavy (non-hydrogen) atoms. The first-order valence-corrected chi connectivity index (χ1v) is 7.14. The highest BCUT2D eigenvalue weighted by Crippen LogP contribution is 2.26. The van der Waals surface area contributed by atoms with E-state index in [0.717, 1.165) is 10.0 Å². The number of ketones is 1. The average Bonchev–Trinajstić information content (AvgIpc) is 2.39. The van der Waals surface area contributed by atoms with E-state index in [9.17, 15) is 4.79 Å². The van der Waals surface area contributed by atoms with Crippen LogP contribution >= 0.6 is 15.9 Å². The van der Waals surface area contributed by atoms with Crippen molar-refractivity contribution in [3.63, 3.8) is 0 Å². The van der Waals surface area contributed by atoms with E-state index in [4.69, 9.17) is 10.5 Å². The molecule has 0 bridgehead atoms. The van der Waals surface area contributed by atoms with Gasteiger partial charge in [0.15, 0.2) is 5.78 Å². The molecular formula is C16H16BrNO2. The molecule has 0 unspecified atom stereocenters. The topological polar surface area (TPSA) is 52.3 Å². The predicted octanol–water partition coefficient (Wildman–Crippen LogP) is 3.97. The molecule has 0 atom stereocenters. The Morgan fingerprint density at radius 2 is 2.00 bits per heavy atom. The number of hydrogen-bond acceptors (Lipinski definition) is 3. The summed E-state index contributed by atoms with van der Waals surface area (Å²) in [6.45, 7) is 4.32. The van der Waals surface area contributed by atoms with Gasteiger partial charge in [-0.2, -0.15) is 0 Å². The minimum absolute atomic E-state index is 0.0925. The number of halogens is 1. The molecule has 0 radical (unpaired) electrons. The number of anilines is 1. The van der Waals surface area contributed by atoms with Crippen LogP contribution in [0.3, 0.4) is 0 Å². The lowest BCUT2D eigenvalue weighted by Crippen LogP contribution is -2.06. The minimum atomic E-state index is -0.0925. The first-order valence-electron chi connectivity index (χ1n) is 6.35. The van der Waals surface area contributed by atoms with Crippen LogP contribution in [0.5, 0.6) is 5.75 Å². The summed E-state index contributed by atoms with van der Waals surface area (Å²) in [5.41, 5.74) is 8.46. The molecule has 2 N–H and O–H groups in total. The van der Waals surface area contributed by atoms with Gasteiger partial charge in [-0.3, -0.25) is 4.79 Å². The van der Waals surface area contributed by atoms with Crippen LogP contribution in [-0.4, -0.2) is 12.4 Å². The average molecular weight is 334 g/mol. The fraction of sp³-hybridized carbons (Fsp3) is 0.188. The summed E-state index contributed by atoms with van der Waals surface area (Å²) in [6, 6.07) is 10.8. The molecule has 104 valence electrons. The second-order valence-corrected chi connectivity index (χ2v) is 5.45. The van der Waals surface area contributed by atoms with Crippen molar-refractivity contribution in [1.29, 1.82) is 0 Å². The Hall–Kier alpha value is -1.81. The van der Waals surface area contributed by atoms with E-state index in [0.29, 0.717) is 29.2 Å². The van der Waals surface area contributed by atoms with Gasteiger partial charge in [-0.25, -0.2) is 0 Å². The van der Waals surface area contributed by atoms with E-state index in [1.165, 1.54) is 0 Å². The van der Waals surface area contributed by atoms with E-state index < -0.39 is 0 Å². The van der Waals surface area contributed by atoms with Gasteiger partial charge in [0.2, 0.25) is 0 Å². The quantitative estimate of drug-likeness (QED) is 0.680. The van der Waals surface area contributed by atoms with E-state index in [-0.39, 0.29) is 5.78 Å². The van der Waals surface area contributed by atoms with Crippen LogP contribution in [0.1, 0.15) is 28.4 Å². The Balaban J connectivity index is 2.49. The third-order valence-electron chi connectivity index (χ3n) is 2.85. The van der Waals surface area contributed by atoms with E-state index in [1.807, 2.05) is 32.0 Å². The number of carbonyl (C=O) groups excluding carboxylic acids is 1. The van der Waals surface area contributed by atoms with Gasteiger partial charge in [0, 0.05) is 15.7 Å². The van der Waals surface area contributed by atoms with Crippen LogP contribution in [0.15, 0.2) is 40.9 Å². The number of nitrogens with two attached hydrogens (primary N) is 1. The molecule has 0 heterocycles. The zero-order valence-corrected chi connectivity index (χ0v) is 13.0. The largest absolute Gasteiger partial charge is 0.493 e. The zero-order valence-electron chi connectivity index (χ0n) is 11.4. The van der Waals surface area contributed by atoms with Gasteiger partial charge in [0.25, 0.3) is 0 Å². The van der Waals surface area contributed by atoms with E-state index in [2.05, 4.69) is 15.9 Å². The van der Waals surface area contributed by atoms with Crippen molar-refractivity contribution >= 4 is 27.4 Å². The number of rotatable bonds is 4. The first kappa shape index (κ1) is 14.6. The number of benzene rings is 2. The molecule has 2 aromatic rings. The highest BCUT2D eigenvalue weighted by atomic mass is 79.9. The smallest absolute Gasteiger partial charge is 0.196 e.